The number of pyridine rings is 3. The van der Waals surface area contributed by atoms with Crippen molar-refractivity contribution in [3.8, 4) is 0 Å². The van der Waals surface area contributed by atoms with E-state index in [2.05, 4.69) is 127 Å². The van der Waals surface area contributed by atoms with Crippen molar-refractivity contribution in [3.05, 3.63) is 241 Å². The highest BCUT2D eigenvalue weighted by Gasteiger charge is 1.87. The zero-order valence-corrected chi connectivity index (χ0v) is 68.4. The first-order valence-electron chi connectivity index (χ1n) is 34.6. The zero-order chi connectivity index (χ0) is 79.6. The Bertz CT molecular complexity index is 2690. The van der Waals surface area contributed by atoms with Crippen molar-refractivity contribution in [1.29, 1.82) is 0 Å². The number of H-pyrrole nitrogens is 3. The third-order valence-electron chi connectivity index (χ3n) is 8.48. The molecule has 0 saturated heterocycles. The lowest BCUT2D eigenvalue weighted by atomic mass is 10.3. The van der Waals surface area contributed by atoms with Crippen molar-refractivity contribution < 1.29 is 0 Å². The first-order chi connectivity index (χ1) is 49.0. The van der Waals surface area contributed by atoms with Crippen molar-refractivity contribution in [2.45, 2.75) is 222 Å². The summed E-state index contributed by atoms with van der Waals surface area (Å²) in [6, 6.07) is 23.1. The summed E-state index contributed by atoms with van der Waals surface area (Å²) in [7, 11) is 3.60. The number of tetrazole rings is 1. The lowest BCUT2D eigenvalue weighted by Crippen LogP contribution is -1.91. The standard InChI is InChI=1S/3C6H7N.4C5H6N2.C4H7N3.C3H6N4.3C3H5N3.10C2H6/c1-6-2-4-7-5-3-6;1-6-3-2-4-7-5-6;1-6-4-2-3-5-7-6;1-5-2-3-6-4-7-5;1-5-2-3-6-7-4-5;1-5-6-3-2-4-7-5;1-5-3-2-4-6-7-5;1-4-5-3-6-7(4)2;1-3-4-6-7(2)5-3;3*1-3-2-4-6-5-3;10*1-2/h3*2-5H,1H3;4*2-4H,1H3;3H,1-2H3;1-2H3;3*2H,1H3,(H,4,5,6);10*1-2H3. The summed E-state index contributed by atoms with van der Waals surface area (Å²) in [4.78, 5) is 32.3. The minimum Gasteiger partial charge on any atom is -0.265 e. The van der Waals surface area contributed by atoms with Crippen LogP contribution in [0.1, 0.15) is 207 Å². The molecular weight excluding hydrogens is 1270 g/mol. The molecule has 0 unspecified atom stereocenters. The topological polar surface area (TPSA) is 341 Å². The Kier molecular flexibility index (Phi) is 109. The number of nitrogens with zero attached hydrogens (tertiary/aromatic N) is 24. The maximum atomic E-state index is 3.98. The number of aryl methyl sites for hydroxylation is 14. The largest absolute Gasteiger partial charge is 0.265 e. The number of aromatic amines is 3. The summed E-state index contributed by atoms with van der Waals surface area (Å²) in [5.41, 5.74) is 9.44. The van der Waals surface area contributed by atoms with Crippen LogP contribution in [0.4, 0.5) is 0 Å². The summed E-state index contributed by atoms with van der Waals surface area (Å²) < 4.78 is 1.72. The van der Waals surface area contributed by atoms with Gasteiger partial charge in [0, 0.05) is 80.4 Å². The quantitative estimate of drug-likeness (QED) is 0.127. The molecule has 0 aliphatic carbocycles. The van der Waals surface area contributed by atoms with Crippen molar-refractivity contribution in [2.75, 3.05) is 0 Å². The fourth-order valence-corrected chi connectivity index (χ4v) is 4.30. The van der Waals surface area contributed by atoms with Gasteiger partial charge in [-0.1, -0.05) is 151 Å². The maximum Gasteiger partial charge on any atom is 0.171 e. The van der Waals surface area contributed by atoms with Crippen LogP contribution < -0.4 is 0 Å². The summed E-state index contributed by atoms with van der Waals surface area (Å²) in [5, 5.41) is 58.5. The Morgan fingerprint density at radius 2 is 0.752 bits per heavy atom. The molecule has 12 aromatic heterocycles. The molecule has 3 N–H and O–H groups in total. The fourth-order valence-electron chi connectivity index (χ4n) is 4.30. The summed E-state index contributed by atoms with van der Waals surface area (Å²) in [6.45, 7) is 63.1. The van der Waals surface area contributed by atoms with Gasteiger partial charge in [0.1, 0.15) is 24.3 Å². The lowest BCUT2D eigenvalue weighted by molar-refractivity contribution is 0.629. The molecule has 0 bridgehead atoms. The number of rotatable bonds is 0. The van der Waals surface area contributed by atoms with Crippen LogP contribution in [0.25, 0.3) is 0 Å². The van der Waals surface area contributed by atoms with Crippen LogP contribution in [0.2, 0.25) is 0 Å². The van der Waals surface area contributed by atoms with E-state index in [0.717, 1.165) is 51.4 Å². The second-order valence-electron chi connectivity index (χ2n) is 16.0. The lowest BCUT2D eigenvalue weighted by Gasteiger charge is -1.84. The van der Waals surface area contributed by atoms with E-state index < -0.39 is 0 Å². The van der Waals surface area contributed by atoms with Crippen molar-refractivity contribution >= 4 is 0 Å². The molecule has 12 aromatic rings. The molecule has 101 heavy (non-hydrogen) atoms. The maximum absolute atomic E-state index is 3.98. The molecule has 0 amide bonds. The molecular formula is C74H133N27. The van der Waals surface area contributed by atoms with Gasteiger partial charge in [-0.2, -0.15) is 76.5 Å². The summed E-state index contributed by atoms with van der Waals surface area (Å²) >= 11 is 0. The van der Waals surface area contributed by atoms with Crippen LogP contribution in [0.5, 0.6) is 0 Å². The molecule has 0 atom stereocenters. The van der Waals surface area contributed by atoms with E-state index in [-0.39, 0.29) is 0 Å². The first-order valence-corrected chi connectivity index (χ1v) is 34.6. The van der Waals surface area contributed by atoms with Crippen LogP contribution >= 0.6 is 0 Å². The second kappa shape index (κ2) is 98.1. The smallest absolute Gasteiger partial charge is 0.171 e. The number of hydrogen-bond donors (Lipinski definition) is 3. The van der Waals surface area contributed by atoms with Gasteiger partial charge in [-0.15, -0.1) is 10.2 Å². The third kappa shape index (κ3) is 93.6. The molecule has 27 heteroatoms. The average Bonchev–Trinajstić information content (AvgIpc) is 2.86. The molecule has 0 spiro atoms. The van der Waals surface area contributed by atoms with E-state index in [1.807, 2.05) is 295 Å². The zero-order valence-electron chi connectivity index (χ0n) is 68.4. The van der Waals surface area contributed by atoms with Crippen LogP contribution in [0.15, 0.2) is 172 Å². The van der Waals surface area contributed by atoms with E-state index in [1.165, 1.54) is 28.6 Å². The van der Waals surface area contributed by atoms with Crippen LogP contribution in [-0.2, 0) is 14.1 Å². The average molecular weight is 1400 g/mol. The van der Waals surface area contributed by atoms with Gasteiger partial charge in [-0.05, 0) is 166 Å². The third-order valence-corrected chi connectivity index (χ3v) is 8.48. The summed E-state index contributed by atoms with van der Waals surface area (Å²) in [5.74, 6) is 2.48. The van der Waals surface area contributed by atoms with Crippen molar-refractivity contribution in [2.24, 2.45) is 14.1 Å². The molecule has 0 radical (unpaired) electrons. The molecule has 12 rings (SSSR count). The van der Waals surface area contributed by atoms with E-state index in [1.54, 1.807) is 105 Å². The highest BCUT2D eigenvalue weighted by atomic mass is 15.6. The molecule has 27 nitrogen and oxygen atoms in total. The van der Waals surface area contributed by atoms with Gasteiger partial charge in [-0.25, -0.2) is 24.9 Å². The molecule has 0 saturated carbocycles. The van der Waals surface area contributed by atoms with E-state index in [0.29, 0.717) is 5.82 Å². The van der Waals surface area contributed by atoms with E-state index >= 15 is 0 Å². The number of nitrogens with one attached hydrogen (secondary N) is 3. The van der Waals surface area contributed by atoms with Gasteiger partial charge in [0.05, 0.1) is 54.6 Å². The minimum absolute atomic E-state index is 0.711. The van der Waals surface area contributed by atoms with E-state index in [9.17, 15) is 0 Å². The van der Waals surface area contributed by atoms with Crippen LogP contribution in [-0.4, -0.2) is 136 Å². The Hall–Kier alpha value is -10.6. The van der Waals surface area contributed by atoms with Gasteiger partial charge in [0.15, 0.2) is 5.82 Å². The highest BCUT2D eigenvalue weighted by molar-refractivity contribution is 5.06. The fraction of sp³-hybridized carbons (Fsp3) is 0.459. The normalized spacial score (nSPS) is 7.70. The first kappa shape index (κ1) is 112. The Balaban J connectivity index is -0.000000109. The van der Waals surface area contributed by atoms with Gasteiger partial charge < -0.3 is 0 Å². The molecule has 0 fully saturated rings. The van der Waals surface area contributed by atoms with Crippen LogP contribution in [0, 0.1) is 83.1 Å². The van der Waals surface area contributed by atoms with Crippen molar-refractivity contribution in [3.63, 3.8) is 0 Å². The molecule has 12 heterocycles. The van der Waals surface area contributed by atoms with Gasteiger partial charge in [-0.3, -0.25) is 19.6 Å². The predicted molar refractivity (Wildman–Crippen MR) is 420 cm³/mol. The Morgan fingerprint density at radius 1 is 0.297 bits per heavy atom. The Morgan fingerprint density at radius 3 is 0.921 bits per heavy atom. The van der Waals surface area contributed by atoms with Crippen molar-refractivity contribution in [1.82, 2.24) is 136 Å². The predicted octanol–water partition coefficient (Wildman–Crippen LogP) is 17.6. The SMILES string of the molecule is CC.CC.CC.CC.CC.CC.CC.CC.CC.CC.Cc1ccccn1.Cc1cccnc1.Cc1cccnn1.Cc1ccncc1.Cc1ccncn1.Cc1ccnnc1.Cc1cn[nH]n1.Cc1cn[nH]n1.Cc1cn[nH]n1.Cc1ncccn1.Cc1ncnn1C.Cc1nnn(C)n1. The van der Waals surface area contributed by atoms with Gasteiger partial charge >= 0.3 is 0 Å². The number of aromatic nitrogens is 27. The molecule has 0 aliphatic heterocycles. The number of hydrogen-bond acceptors (Lipinski definition) is 22. The second-order valence-corrected chi connectivity index (χ2v) is 16.0. The van der Waals surface area contributed by atoms with Gasteiger partial charge in [0.25, 0.3) is 0 Å². The molecule has 564 valence electrons. The monoisotopic (exact) mass is 1400 g/mol. The minimum atomic E-state index is 0.711. The Labute approximate surface area is 610 Å². The molecule has 0 aromatic carbocycles. The molecule has 0 aliphatic rings. The van der Waals surface area contributed by atoms with Gasteiger partial charge in [0.2, 0.25) is 0 Å². The van der Waals surface area contributed by atoms with Crippen LogP contribution in [0.3, 0.4) is 0 Å². The highest BCUT2D eigenvalue weighted by Crippen LogP contribution is 1.91. The summed E-state index contributed by atoms with van der Waals surface area (Å²) in [6.07, 6.45) is 27.3. The van der Waals surface area contributed by atoms with E-state index in [4.69, 9.17) is 0 Å².